The molecule has 2 amide bonds. The first-order valence-corrected chi connectivity index (χ1v) is 8.66. The SMILES string of the molecule is CCc1cc(NC(=O)N2CCCC3(C=Cc4ccccc4O3)C2)no1. The van der Waals surface area contributed by atoms with Gasteiger partial charge in [-0.25, -0.2) is 4.79 Å². The zero-order valence-electron chi connectivity index (χ0n) is 14.2. The summed E-state index contributed by atoms with van der Waals surface area (Å²) in [5.41, 5.74) is 0.618. The Morgan fingerprint density at radius 3 is 3.12 bits per heavy atom. The largest absolute Gasteiger partial charge is 0.481 e. The number of urea groups is 1. The Labute approximate surface area is 146 Å². The number of aromatic nitrogens is 1. The van der Waals surface area contributed by atoms with Crippen LogP contribution in [0.15, 0.2) is 40.9 Å². The fraction of sp³-hybridized carbons (Fsp3) is 0.368. The monoisotopic (exact) mass is 339 g/mol. The number of carbonyl (C=O) groups excluding carboxylic acids is 1. The highest BCUT2D eigenvalue weighted by Crippen LogP contribution is 2.36. The van der Waals surface area contributed by atoms with Crippen molar-refractivity contribution in [3.8, 4) is 5.75 Å². The van der Waals surface area contributed by atoms with Gasteiger partial charge in [-0.2, -0.15) is 0 Å². The molecule has 1 aromatic heterocycles. The lowest BCUT2D eigenvalue weighted by atomic mass is 9.89. The van der Waals surface area contributed by atoms with Crippen LogP contribution in [0.25, 0.3) is 6.08 Å². The summed E-state index contributed by atoms with van der Waals surface area (Å²) in [7, 11) is 0. The number of carbonyl (C=O) groups is 1. The lowest BCUT2D eigenvalue weighted by Crippen LogP contribution is -2.54. The minimum atomic E-state index is -0.456. The fourth-order valence-electron chi connectivity index (χ4n) is 3.38. The summed E-state index contributed by atoms with van der Waals surface area (Å²) in [4.78, 5) is 14.4. The number of rotatable bonds is 2. The molecule has 1 atom stereocenters. The summed E-state index contributed by atoms with van der Waals surface area (Å²) in [5, 5.41) is 6.69. The van der Waals surface area contributed by atoms with Gasteiger partial charge in [0.05, 0.1) is 6.54 Å². The number of aryl methyl sites for hydroxylation is 1. The van der Waals surface area contributed by atoms with Crippen molar-refractivity contribution in [2.45, 2.75) is 31.8 Å². The molecule has 1 fully saturated rings. The van der Waals surface area contributed by atoms with Crippen LogP contribution in [0.3, 0.4) is 0 Å². The minimum Gasteiger partial charge on any atom is -0.481 e. The van der Waals surface area contributed by atoms with Gasteiger partial charge in [0.25, 0.3) is 0 Å². The van der Waals surface area contributed by atoms with E-state index in [0.717, 1.165) is 36.3 Å². The summed E-state index contributed by atoms with van der Waals surface area (Å²) in [6.45, 7) is 3.19. The van der Waals surface area contributed by atoms with Crippen LogP contribution < -0.4 is 10.1 Å². The van der Waals surface area contributed by atoms with E-state index in [1.165, 1.54) is 0 Å². The molecular weight excluding hydrogens is 318 g/mol. The number of nitrogens with zero attached hydrogens (tertiary/aromatic N) is 2. The molecule has 6 nitrogen and oxygen atoms in total. The Morgan fingerprint density at radius 2 is 2.28 bits per heavy atom. The third-order valence-corrected chi connectivity index (χ3v) is 4.71. The molecule has 2 aliphatic rings. The Kier molecular flexibility index (Phi) is 3.95. The molecule has 0 saturated carbocycles. The Hall–Kier alpha value is -2.76. The Bertz CT molecular complexity index is 814. The number of likely N-dealkylation sites (tertiary alicyclic amines) is 1. The van der Waals surface area contributed by atoms with Crippen molar-refractivity contribution in [1.29, 1.82) is 0 Å². The third-order valence-electron chi connectivity index (χ3n) is 4.71. The van der Waals surface area contributed by atoms with Gasteiger partial charge in [-0.1, -0.05) is 36.4 Å². The van der Waals surface area contributed by atoms with Crippen LogP contribution in [0.2, 0.25) is 0 Å². The molecule has 2 aliphatic heterocycles. The van der Waals surface area contributed by atoms with E-state index in [-0.39, 0.29) is 6.03 Å². The number of nitrogens with one attached hydrogen (secondary N) is 1. The van der Waals surface area contributed by atoms with E-state index in [4.69, 9.17) is 9.26 Å². The highest BCUT2D eigenvalue weighted by molar-refractivity contribution is 5.88. The van der Waals surface area contributed by atoms with Crippen LogP contribution in [0.1, 0.15) is 31.1 Å². The van der Waals surface area contributed by atoms with Crippen LogP contribution in [-0.2, 0) is 6.42 Å². The van der Waals surface area contributed by atoms with Crippen LogP contribution in [0, 0.1) is 0 Å². The summed E-state index contributed by atoms with van der Waals surface area (Å²) >= 11 is 0. The second-order valence-corrected chi connectivity index (χ2v) is 6.53. The summed E-state index contributed by atoms with van der Waals surface area (Å²) < 4.78 is 11.4. The maximum Gasteiger partial charge on any atom is 0.323 e. The average Bonchev–Trinajstić information content (AvgIpc) is 3.09. The Balaban J connectivity index is 1.47. The summed E-state index contributed by atoms with van der Waals surface area (Å²) in [5.74, 6) is 2.07. The predicted molar refractivity (Wildman–Crippen MR) is 94.5 cm³/mol. The normalized spacial score (nSPS) is 21.7. The second-order valence-electron chi connectivity index (χ2n) is 6.53. The van der Waals surface area contributed by atoms with Crippen molar-refractivity contribution in [2.75, 3.05) is 18.4 Å². The van der Waals surface area contributed by atoms with Gasteiger partial charge in [0, 0.05) is 24.6 Å². The first-order valence-electron chi connectivity index (χ1n) is 8.66. The van der Waals surface area contributed by atoms with Crippen LogP contribution in [-0.4, -0.2) is 34.8 Å². The Morgan fingerprint density at radius 1 is 1.40 bits per heavy atom. The van der Waals surface area contributed by atoms with Gasteiger partial charge in [0.2, 0.25) is 0 Å². The highest BCUT2D eigenvalue weighted by Gasteiger charge is 2.39. The molecule has 3 heterocycles. The van der Waals surface area contributed by atoms with Gasteiger partial charge < -0.3 is 14.2 Å². The number of benzene rings is 1. The van der Waals surface area contributed by atoms with Crippen molar-refractivity contribution in [2.24, 2.45) is 0 Å². The number of fused-ring (bicyclic) bond motifs is 1. The number of amides is 2. The zero-order chi connectivity index (χ0) is 17.3. The molecule has 0 aliphatic carbocycles. The molecule has 0 radical (unpaired) electrons. The average molecular weight is 339 g/mol. The second kappa shape index (κ2) is 6.27. The first-order chi connectivity index (χ1) is 12.2. The van der Waals surface area contributed by atoms with E-state index in [2.05, 4.69) is 22.6 Å². The van der Waals surface area contributed by atoms with E-state index in [1.807, 2.05) is 31.2 Å². The highest BCUT2D eigenvalue weighted by atomic mass is 16.5. The molecule has 1 saturated heterocycles. The number of anilines is 1. The molecule has 1 N–H and O–H groups in total. The van der Waals surface area contributed by atoms with E-state index in [9.17, 15) is 4.79 Å². The number of hydrogen-bond donors (Lipinski definition) is 1. The molecule has 25 heavy (non-hydrogen) atoms. The molecule has 2 aromatic rings. The molecule has 1 spiro atoms. The fourth-order valence-corrected chi connectivity index (χ4v) is 3.38. The summed E-state index contributed by atoms with van der Waals surface area (Å²) in [6, 6.07) is 9.54. The van der Waals surface area contributed by atoms with Crippen molar-refractivity contribution in [3.05, 3.63) is 47.7 Å². The number of para-hydroxylation sites is 1. The van der Waals surface area contributed by atoms with Gasteiger partial charge in [-0.05, 0) is 25.0 Å². The van der Waals surface area contributed by atoms with Crippen LogP contribution in [0.4, 0.5) is 10.6 Å². The maximum absolute atomic E-state index is 12.6. The van der Waals surface area contributed by atoms with Crippen molar-refractivity contribution >= 4 is 17.9 Å². The third kappa shape index (κ3) is 3.12. The van der Waals surface area contributed by atoms with E-state index in [0.29, 0.717) is 18.9 Å². The molecule has 0 bridgehead atoms. The molecule has 4 rings (SSSR count). The number of ether oxygens (including phenoxy) is 1. The topological polar surface area (TPSA) is 67.6 Å². The van der Waals surface area contributed by atoms with E-state index >= 15 is 0 Å². The first kappa shape index (κ1) is 15.7. The molecule has 6 heteroatoms. The van der Waals surface area contributed by atoms with Gasteiger partial charge >= 0.3 is 6.03 Å². The van der Waals surface area contributed by atoms with Gasteiger partial charge in [0.1, 0.15) is 17.1 Å². The zero-order valence-corrected chi connectivity index (χ0v) is 14.2. The van der Waals surface area contributed by atoms with E-state index < -0.39 is 5.60 Å². The van der Waals surface area contributed by atoms with Crippen molar-refractivity contribution in [1.82, 2.24) is 10.1 Å². The predicted octanol–water partition coefficient (Wildman–Crippen LogP) is 3.71. The van der Waals surface area contributed by atoms with Gasteiger partial charge in [0.15, 0.2) is 5.82 Å². The standard InChI is InChI=1S/C19H21N3O3/c1-2-15-12-17(21-25-15)20-18(23)22-11-5-9-19(13-22)10-8-14-6-3-4-7-16(14)24-19/h3-4,6-8,10,12H,2,5,9,11,13H2,1H3,(H,20,21,23). The lowest BCUT2D eigenvalue weighted by Gasteiger charge is -2.42. The number of piperidine rings is 1. The van der Waals surface area contributed by atoms with Gasteiger partial charge in [-0.15, -0.1) is 0 Å². The quantitative estimate of drug-likeness (QED) is 0.906. The molecule has 1 unspecified atom stereocenters. The molecule has 130 valence electrons. The molecular formula is C19H21N3O3. The maximum atomic E-state index is 12.6. The minimum absolute atomic E-state index is 0.175. The van der Waals surface area contributed by atoms with Crippen molar-refractivity contribution in [3.63, 3.8) is 0 Å². The lowest BCUT2D eigenvalue weighted by molar-refractivity contribution is 0.0441. The smallest absolute Gasteiger partial charge is 0.323 e. The summed E-state index contributed by atoms with van der Waals surface area (Å²) in [6.07, 6.45) is 6.70. The van der Waals surface area contributed by atoms with Crippen molar-refractivity contribution < 1.29 is 14.1 Å². The van der Waals surface area contributed by atoms with Gasteiger partial charge in [-0.3, -0.25) is 5.32 Å². The number of hydrogen-bond acceptors (Lipinski definition) is 4. The molecule has 1 aromatic carbocycles. The van der Waals surface area contributed by atoms with Crippen LogP contribution in [0.5, 0.6) is 5.75 Å². The van der Waals surface area contributed by atoms with Crippen LogP contribution >= 0.6 is 0 Å². The van der Waals surface area contributed by atoms with E-state index in [1.54, 1.807) is 11.0 Å².